The van der Waals surface area contributed by atoms with Crippen LogP contribution in [0.4, 0.5) is 0 Å². The highest BCUT2D eigenvalue weighted by atomic mass is 16.3. The first-order chi connectivity index (χ1) is 7.83. The number of rotatable bonds is 2. The standard InChI is InChI=1S/2C6H11NO/c2*8-3-6-5-1-4(5)2-7-6/h2*4-8H,1-3H2/t2*4-,5-,6-/m10/s1. The van der Waals surface area contributed by atoms with Crippen LogP contribution < -0.4 is 10.6 Å². The van der Waals surface area contributed by atoms with E-state index < -0.39 is 0 Å². The van der Waals surface area contributed by atoms with E-state index in [4.69, 9.17) is 10.2 Å². The molecule has 2 aliphatic heterocycles. The van der Waals surface area contributed by atoms with Crippen LogP contribution in [0, 0.1) is 23.7 Å². The van der Waals surface area contributed by atoms with Gasteiger partial charge in [0, 0.05) is 12.1 Å². The molecule has 4 N–H and O–H groups in total. The number of aliphatic hydroxyl groups is 2. The molecule has 2 saturated heterocycles. The second-order valence-electron chi connectivity index (χ2n) is 5.71. The quantitative estimate of drug-likeness (QED) is 0.496. The lowest BCUT2D eigenvalue weighted by Gasteiger charge is -2.06. The molecule has 6 atom stereocenters. The zero-order chi connectivity index (χ0) is 11.1. The molecule has 4 nitrogen and oxygen atoms in total. The number of piperidine rings is 2. The molecular weight excluding hydrogens is 204 g/mol. The Hall–Kier alpha value is -0.160. The van der Waals surface area contributed by atoms with Crippen molar-refractivity contribution < 1.29 is 10.2 Å². The van der Waals surface area contributed by atoms with Gasteiger partial charge in [0.15, 0.2) is 0 Å². The molecule has 2 heterocycles. The Bertz CT molecular complexity index is 235. The van der Waals surface area contributed by atoms with E-state index >= 15 is 0 Å². The molecule has 4 fully saturated rings. The lowest BCUT2D eigenvalue weighted by Crippen LogP contribution is -2.29. The maximum atomic E-state index is 8.70. The molecule has 92 valence electrons. The van der Waals surface area contributed by atoms with Crippen molar-refractivity contribution in [2.45, 2.75) is 24.9 Å². The summed E-state index contributed by atoms with van der Waals surface area (Å²) in [6.07, 6.45) is 2.72. The van der Waals surface area contributed by atoms with E-state index in [-0.39, 0.29) is 0 Å². The maximum Gasteiger partial charge on any atom is 0.0587 e. The van der Waals surface area contributed by atoms with Crippen LogP contribution in [-0.4, -0.2) is 48.6 Å². The minimum Gasteiger partial charge on any atom is -0.395 e. The van der Waals surface area contributed by atoms with Crippen LogP contribution in [0.3, 0.4) is 0 Å². The van der Waals surface area contributed by atoms with Crippen LogP contribution in [0.25, 0.3) is 0 Å². The third kappa shape index (κ3) is 1.99. The Morgan fingerprint density at radius 2 is 1.25 bits per heavy atom. The van der Waals surface area contributed by atoms with Gasteiger partial charge in [0.05, 0.1) is 13.2 Å². The molecule has 0 radical (unpaired) electrons. The van der Waals surface area contributed by atoms with E-state index in [0.717, 1.165) is 36.8 Å². The molecule has 0 aromatic rings. The van der Waals surface area contributed by atoms with E-state index in [1.807, 2.05) is 0 Å². The normalized spacial score (nSPS) is 51.4. The van der Waals surface area contributed by atoms with Gasteiger partial charge in [0.1, 0.15) is 0 Å². The summed E-state index contributed by atoms with van der Waals surface area (Å²) < 4.78 is 0. The predicted molar refractivity (Wildman–Crippen MR) is 60.9 cm³/mol. The monoisotopic (exact) mass is 226 g/mol. The Balaban J connectivity index is 0.000000101. The zero-order valence-electron chi connectivity index (χ0n) is 9.60. The Morgan fingerprint density at radius 3 is 1.38 bits per heavy atom. The maximum absolute atomic E-state index is 8.70. The second-order valence-corrected chi connectivity index (χ2v) is 5.71. The van der Waals surface area contributed by atoms with Gasteiger partial charge in [-0.3, -0.25) is 0 Å². The molecule has 4 heteroatoms. The molecule has 4 rings (SSSR count). The molecule has 0 bridgehead atoms. The lowest BCUT2D eigenvalue weighted by atomic mass is 10.2. The van der Waals surface area contributed by atoms with Crippen molar-refractivity contribution in [2.75, 3.05) is 26.3 Å². The molecule has 0 amide bonds. The van der Waals surface area contributed by atoms with Crippen molar-refractivity contribution in [3.63, 3.8) is 0 Å². The lowest BCUT2D eigenvalue weighted by molar-refractivity contribution is 0.242. The van der Waals surface area contributed by atoms with Crippen LogP contribution in [0.5, 0.6) is 0 Å². The van der Waals surface area contributed by atoms with Gasteiger partial charge in [-0.15, -0.1) is 0 Å². The highest BCUT2D eigenvalue weighted by Crippen LogP contribution is 2.45. The number of aliphatic hydroxyl groups excluding tert-OH is 2. The van der Waals surface area contributed by atoms with Gasteiger partial charge in [0.2, 0.25) is 0 Å². The molecule has 0 aromatic carbocycles. The summed E-state index contributed by atoms with van der Waals surface area (Å²) >= 11 is 0. The van der Waals surface area contributed by atoms with Gasteiger partial charge in [0.25, 0.3) is 0 Å². The summed E-state index contributed by atoms with van der Waals surface area (Å²) in [5.74, 6) is 3.51. The van der Waals surface area contributed by atoms with E-state index in [1.54, 1.807) is 0 Å². The van der Waals surface area contributed by atoms with E-state index in [9.17, 15) is 0 Å². The van der Waals surface area contributed by atoms with Crippen molar-refractivity contribution >= 4 is 0 Å². The van der Waals surface area contributed by atoms with Gasteiger partial charge < -0.3 is 20.8 Å². The minimum atomic E-state index is 0.334. The smallest absolute Gasteiger partial charge is 0.0587 e. The van der Waals surface area contributed by atoms with Crippen molar-refractivity contribution in [3.8, 4) is 0 Å². The fraction of sp³-hybridized carbons (Fsp3) is 1.00. The molecular formula is C12H22N2O2. The molecule has 4 aliphatic rings. The largest absolute Gasteiger partial charge is 0.395 e. The van der Waals surface area contributed by atoms with Crippen LogP contribution >= 0.6 is 0 Å². The number of hydrogen-bond donors (Lipinski definition) is 4. The van der Waals surface area contributed by atoms with Crippen LogP contribution in [-0.2, 0) is 0 Å². The average Bonchev–Trinajstić information content (AvgIpc) is 3.21. The fourth-order valence-electron chi connectivity index (χ4n) is 3.31. The third-order valence-corrected chi connectivity index (χ3v) is 4.67. The Labute approximate surface area is 96.4 Å². The van der Waals surface area contributed by atoms with Gasteiger partial charge in [-0.05, 0) is 49.6 Å². The summed E-state index contributed by atoms with van der Waals surface area (Å²) in [4.78, 5) is 0. The molecule has 0 aromatic heterocycles. The zero-order valence-corrected chi connectivity index (χ0v) is 9.60. The van der Waals surface area contributed by atoms with E-state index in [0.29, 0.717) is 25.3 Å². The minimum absolute atomic E-state index is 0.334. The van der Waals surface area contributed by atoms with Gasteiger partial charge in [-0.25, -0.2) is 0 Å². The summed E-state index contributed by atoms with van der Waals surface area (Å²) in [6.45, 7) is 2.97. The fourth-order valence-corrected chi connectivity index (χ4v) is 3.31. The van der Waals surface area contributed by atoms with Crippen LogP contribution in [0.2, 0.25) is 0 Å². The van der Waals surface area contributed by atoms with Crippen LogP contribution in [0.1, 0.15) is 12.8 Å². The van der Waals surface area contributed by atoms with Gasteiger partial charge in [-0.1, -0.05) is 0 Å². The van der Waals surface area contributed by atoms with Crippen LogP contribution in [0.15, 0.2) is 0 Å². The van der Waals surface area contributed by atoms with E-state index in [1.165, 1.54) is 12.8 Å². The van der Waals surface area contributed by atoms with Crippen molar-refractivity contribution in [1.29, 1.82) is 0 Å². The first-order valence-electron chi connectivity index (χ1n) is 6.52. The van der Waals surface area contributed by atoms with Crippen molar-refractivity contribution in [2.24, 2.45) is 23.7 Å². The first-order valence-corrected chi connectivity index (χ1v) is 6.52. The SMILES string of the molecule is OC[C@@H]1NC[C@@H]2C[C@@H]21.OC[C@H]1NC[C@H]2C[C@H]21. The van der Waals surface area contributed by atoms with Crippen molar-refractivity contribution in [1.82, 2.24) is 10.6 Å². The Kier molecular flexibility index (Phi) is 2.92. The first kappa shape index (κ1) is 11.0. The Morgan fingerprint density at radius 1 is 0.812 bits per heavy atom. The van der Waals surface area contributed by atoms with E-state index in [2.05, 4.69) is 10.6 Å². The number of fused-ring (bicyclic) bond motifs is 2. The highest BCUT2D eigenvalue weighted by molar-refractivity contribution is 5.02. The molecule has 0 unspecified atom stereocenters. The predicted octanol–water partition coefficient (Wildman–Crippen LogP) is -0.827. The molecule has 2 saturated carbocycles. The summed E-state index contributed by atoms with van der Waals surface area (Å²) in [5, 5.41) is 23.9. The number of nitrogens with one attached hydrogen (secondary N) is 2. The topological polar surface area (TPSA) is 64.5 Å². The number of hydrogen-bond acceptors (Lipinski definition) is 4. The average molecular weight is 226 g/mol. The van der Waals surface area contributed by atoms with Crippen molar-refractivity contribution in [3.05, 3.63) is 0 Å². The highest BCUT2D eigenvalue weighted by Gasteiger charge is 2.47. The second kappa shape index (κ2) is 4.26. The molecule has 0 spiro atoms. The summed E-state index contributed by atoms with van der Waals surface area (Å²) in [6, 6.07) is 0.889. The summed E-state index contributed by atoms with van der Waals surface area (Å²) in [5.41, 5.74) is 0. The van der Waals surface area contributed by atoms with Gasteiger partial charge in [-0.2, -0.15) is 0 Å². The third-order valence-electron chi connectivity index (χ3n) is 4.67. The molecule has 2 aliphatic carbocycles. The summed E-state index contributed by atoms with van der Waals surface area (Å²) in [7, 11) is 0. The van der Waals surface area contributed by atoms with Gasteiger partial charge >= 0.3 is 0 Å². The molecule has 16 heavy (non-hydrogen) atoms.